The Balaban J connectivity index is 1.46. The molecule has 5 rings (SSSR count). The first-order valence-electron chi connectivity index (χ1n) is 9.28. The van der Waals surface area contributed by atoms with Crippen molar-refractivity contribution in [2.45, 2.75) is 50.1 Å². The summed E-state index contributed by atoms with van der Waals surface area (Å²) in [4.78, 5) is 12.2. The maximum Gasteiger partial charge on any atom is 0.333 e. The zero-order valence-electron chi connectivity index (χ0n) is 14.7. The zero-order chi connectivity index (χ0) is 17.4. The molecule has 0 amide bonds. The van der Waals surface area contributed by atoms with Crippen LogP contribution in [-0.4, -0.2) is 23.7 Å². The van der Waals surface area contributed by atoms with Crippen molar-refractivity contribution in [2.24, 2.45) is 17.8 Å². The molecule has 0 spiro atoms. The number of thiocarbonyl (C=S) groups is 1. The van der Waals surface area contributed by atoms with Gasteiger partial charge in [-0.3, -0.25) is 0 Å². The normalized spacial score (nSPS) is 33.6. The van der Waals surface area contributed by atoms with Crippen LogP contribution in [0.25, 0.3) is 0 Å². The molecule has 4 nitrogen and oxygen atoms in total. The lowest BCUT2D eigenvalue weighted by atomic mass is 9.53. The second kappa shape index (κ2) is 6.60. The van der Waals surface area contributed by atoms with E-state index < -0.39 is 6.04 Å². The number of rotatable bonds is 4. The van der Waals surface area contributed by atoms with Crippen molar-refractivity contribution in [3.63, 3.8) is 0 Å². The van der Waals surface area contributed by atoms with Crippen molar-refractivity contribution < 1.29 is 9.53 Å². The highest BCUT2D eigenvalue weighted by Gasteiger charge is 2.51. The average molecular weight is 359 g/mol. The van der Waals surface area contributed by atoms with Gasteiger partial charge < -0.3 is 15.4 Å². The van der Waals surface area contributed by atoms with Crippen LogP contribution >= 0.6 is 12.2 Å². The smallest absolute Gasteiger partial charge is 0.333 e. The Bertz CT molecular complexity index is 626. The van der Waals surface area contributed by atoms with Gasteiger partial charge in [-0.25, -0.2) is 4.79 Å². The molecule has 5 heteroatoms. The van der Waals surface area contributed by atoms with E-state index in [9.17, 15) is 4.79 Å². The SMILES string of the molecule is COC(=O)C(NC(=S)NC12CC3CC(CC(C3)C1)C2)c1ccccc1. The minimum absolute atomic E-state index is 0.135. The Morgan fingerprint density at radius 2 is 1.68 bits per heavy atom. The van der Waals surface area contributed by atoms with Gasteiger partial charge in [0.25, 0.3) is 0 Å². The van der Waals surface area contributed by atoms with E-state index >= 15 is 0 Å². The van der Waals surface area contributed by atoms with Gasteiger partial charge in [0, 0.05) is 5.54 Å². The molecule has 0 aromatic heterocycles. The van der Waals surface area contributed by atoms with Crippen molar-refractivity contribution >= 4 is 23.3 Å². The van der Waals surface area contributed by atoms with Crippen molar-refractivity contribution in [1.82, 2.24) is 10.6 Å². The number of ether oxygens (including phenoxy) is 1. The van der Waals surface area contributed by atoms with E-state index in [0.29, 0.717) is 5.11 Å². The summed E-state index contributed by atoms with van der Waals surface area (Å²) in [6.07, 6.45) is 7.85. The number of carbonyl (C=O) groups is 1. The molecule has 1 atom stereocenters. The molecule has 4 bridgehead atoms. The molecule has 1 unspecified atom stereocenters. The quantitative estimate of drug-likeness (QED) is 0.639. The summed E-state index contributed by atoms with van der Waals surface area (Å²) in [6, 6.07) is 9.04. The number of methoxy groups -OCH3 is 1. The molecular formula is C20H26N2O2S. The largest absolute Gasteiger partial charge is 0.467 e. The van der Waals surface area contributed by atoms with Crippen molar-refractivity contribution in [3.05, 3.63) is 35.9 Å². The number of hydrogen-bond acceptors (Lipinski definition) is 3. The van der Waals surface area contributed by atoms with Crippen molar-refractivity contribution in [3.8, 4) is 0 Å². The van der Waals surface area contributed by atoms with Gasteiger partial charge in [-0.1, -0.05) is 30.3 Å². The second-order valence-corrected chi connectivity index (χ2v) is 8.57. The van der Waals surface area contributed by atoms with Gasteiger partial charge in [0.05, 0.1) is 7.11 Å². The molecule has 4 aliphatic rings. The van der Waals surface area contributed by atoms with E-state index in [-0.39, 0.29) is 11.5 Å². The molecule has 0 radical (unpaired) electrons. The summed E-state index contributed by atoms with van der Waals surface area (Å²) in [5.74, 6) is 2.24. The van der Waals surface area contributed by atoms with E-state index in [0.717, 1.165) is 23.3 Å². The van der Waals surface area contributed by atoms with Crippen LogP contribution in [0.5, 0.6) is 0 Å². The predicted octanol–water partition coefficient (Wildman–Crippen LogP) is 3.33. The highest BCUT2D eigenvalue weighted by atomic mass is 32.1. The molecule has 0 heterocycles. The molecule has 0 aliphatic heterocycles. The van der Waals surface area contributed by atoms with Crippen LogP contribution in [0.1, 0.15) is 50.1 Å². The lowest BCUT2D eigenvalue weighted by Gasteiger charge is -2.57. The minimum Gasteiger partial charge on any atom is -0.467 e. The standard InChI is InChI=1S/C20H26N2O2S/c1-24-18(23)17(16-5-3-2-4-6-16)21-19(25)22-20-10-13-7-14(11-20)9-15(8-13)12-20/h2-6,13-15,17H,7-12H2,1H3,(H2,21,22,25). The zero-order valence-corrected chi connectivity index (χ0v) is 15.5. The van der Waals surface area contributed by atoms with Crippen LogP contribution in [0.2, 0.25) is 0 Å². The van der Waals surface area contributed by atoms with Gasteiger partial charge in [0.2, 0.25) is 0 Å². The summed E-state index contributed by atoms with van der Waals surface area (Å²) >= 11 is 5.60. The topological polar surface area (TPSA) is 50.4 Å². The van der Waals surface area contributed by atoms with Crippen LogP contribution in [0.3, 0.4) is 0 Å². The monoisotopic (exact) mass is 358 g/mol. The van der Waals surface area contributed by atoms with E-state index in [1.165, 1.54) is 45.6 Å². The van der Waals surface area contributed by atoms with E-state index in [2.05, 4.69) is 10.6 Å². The number of esters is 1. The van der Waals surface area contributed by atoms with Gasteiger partial charge in [-0.05, 0) is 74.1 Å². The molecule has 134 valence electrons. The summed E-state index contributed by atoms with van der Waals surface area (Å²) in [7, 11) is 1.41. The van der Waals surface area contributed by atoms with Crippen molar-refractivity contribution in [2.75, 3.05) is 7.11 Å². The number of nitrogens with one attached hydrogen (secondary N) is 2. The maximum atomic E-state index is 12.2. The Labute approximate surface area is 154 Å². The summed E-state index contributed by atoms with van der Waals surface area (Å²) in [6.45, 7) is 0. The molecule has 4 aliphatic carbocycles. The van der Waals surface area contributed by atoms with Crippen molar-refractivity contribution in [1.29, 1.82) is 0 Å². The van der Waals surface area contributed by atoms with Gasteiger partial charge >= 0.3 is 5.97 Å². The minimum atomic E-state index is -0.569. The van der Waals surface area contributed by atoms with Gasteiger partial charge in [-0.15, -0.1) is 0 Å². The first kappa shape index (κ1) is 16.8. The number of benzene rings is 1. The third-order valence-electron chi connectivity index (χ3n) is 6.26. The van der Waals surface area contributed by atoms with Crippen LogP contribution in [-0.2, 0) is 9.53 Å². The van der Waals surface area contributed by atoms with Crippen LogP contribution < -0.4 is 10.6 Å². The molecule has 1 aromatic rings. The molecule has 25 heavy (non-hydrogen) atoms. The molecule has 4 saturated carbocycles. The lowest BCUT2D eigenvalue weighted by Crippen LogP contribution is -2.61. The van der Waals surface area contributed by atoms with Gasteiger partial charge in [-0.2, -0.15) is 0 Å². The van der Waals surface area contributed by atoms with Gasteiger partial charge in [0.15, 0.2) is 11.2 Å². The highest BCUT2D eigenvalue weighted by molar-refractivity contribution is 7.80. The number of hydrogen-bond donors (Lipinski definition) is 2. The predicted molar refractivity (Wildman–Crippen MR) is 101 cm³/mol. The summed E-state index contributed by atoms with van der Waals surface area (Å²) < 4.78 is 4.97. The fraction of sp³-hybridized carbons (Fsp3) is 0.600. The van der Waals surface area contributed by atoms with Crippen LogP contribution in [0, 0.1) is 17.8 Å². The molecule has 1 aromatic carbocycles. The molecule has 2 N–H and O–H groups in total. The maximum absolute atomic E-state index is 12.2. The Kier molecular flexibility index (Phi) is 4.44. The number of carbonyl (C=O) groups excluding carboxylic acids is 1. The Morgan fingerprint density at radius 3 is 2.20 bits per heavy atom. The fourth-order valence-corrected chi connectivity index (χ4v) is 6.05. The van der Waals surface area contributed by atoms with E-state index in [1.54, 1.807) is 0 Å². The third kappa shape index (κ3) is 3.39. The lowest BCUT2D eigenvalue weighted by molar-refractivity contribution is -0.142. The Morgan fingerprint density at radius 1 is 1.12 bits per heavy atom. The summed E-state index contributed by atoms with van der Waals surface area (Å²) in [5.41, 5.74) is 1.000. The van der Waals surface area contributed by atoms with Gasteiger partial charge in [0.1, 0.15) is 0 Å². The van der Waals surface area contributed by atoms with Crippen LogP contribution in [0.15, 0.2) is 30.3 Å². The first-order chi connectivity index (χ1) is 12.1. The second-order valence-electron chi connectivity index (χ2n) is 8.16. The van der Waals surface area contributed by atoms with E-state index in [4.69, 9.17) is 17.0 Å². The van der Waals surface area contributed by atoms with Crippen LogP contribution in [0.4, 0.5) is 0 Å². The Hall–Kier alpha value is -1.62. The fourth-order valence-electron chi connectivity index (χ4n) is 5.71. The average Bonchev–Trinajstić information content (AvgIpc) is 2.58. The summed E-state index contributed by atoms with van der Waals surface area (Å²) in [5, 5.41) is 7.39. The third-order valence-corrected chi connectivity index (χ3v) is 6.48. The molecular weight excluding hydrogens is 332 g/mol. The first-order valence-corrected chi connectivity index (χ1v) is 9.69. The molecule has 0 saturated heterocycles. The highest BCUT2D eigenvalue weighted by Crippen LogP contribution is 2.55. The van der Waals surface area contributed by atoms with E-state index in [1.807, 2.05) is 30.3 Å². The molecule has 4 fully saturated rings.